The quantitative estimate of drug-likeness (QED) is 0.617. The number of likely N-dealkylation sites (tertiary alicyclic amines) is 1. The van der Waals surface area contributed by atoms with Crippen LogP contribution in [0.2, 0.25) is 0 Å². The highest BCUT2D eigenvalue weighted by molar-refractivity contribution is 6.39. The van der Waals surface area contributed by atoms with E-state index in [9.17, 15) is 14.4 Å². The van der Waals surface area contributed by atoms with E-state index in [0.29, 0.717) is 23.8 Å². The Morgan fingerprint density at radius 2 is 1.61 bits per heavy atom. The summed E-state index contributed by atoms with van der Waals surface area (Å²) in [5.41, 5.74) is 2.35. The van der Waals surface area contributed by atoms with E-state index in [4.69, 9.17) is 4.42 Å². The average Bonchev–Trinajstić information content (AvgIpc) is 3.05. The molecule has 0 radical (unpaired) electrons. The van der Waals surface area contributed by atoms with Gasteiger partial charge in [-0.1, -0.05) is 0 Å². The van der Waals surface area contributed by atoms with Gasteiger partial charge in [0.25, 0.3) is 0 Å². The Morgan fingerprint density at radius 3 is 2.16 bits per heavy atom. The van der Waals surface area contributed by atoms with Gasteiger partial charge < -0.3 is 20.4 Å². The molecule has 31 heavy (non-hydrogen) atoms. The third-order valence-corrected chi connectivity index (χ3v) is 5.47. The molecule has 2 aromatic rings. The Labute approximate surface area is 182 Å². The van der Waals surface area contributed by atoms with Crippen LogP contribution in [0.5, 0.6) is 0 Å². The average molecular weight is 427 g/mol. The number of hydrogen-bond donors (Lipinski definition) is 3. The summed E-state index contributed by atoms with van der Waals surface area (Å²) >= 11 is 0. The number of carbonyl (C=O) groups excluding carboxylic acids is 3. The molecule has 2 heterocycles. The van der Waals surface area contributed by atoms with E-state index in [1.807, 2.05) is 13.8 Å². The first-order chi connectivity index (χ1) is 14.8. The number of rotatable bonds is 6. The van der Waals surface area contributed by atoms with Gasteiger partial charge in [0.15, 0.2) is 0 Å². The van der Waals surface area contributed by atoms with Crippen LogP contribution in [0.3, 0.4) is 0 Å². The van der Waals surface area contributed by atoms with E-state index in [0.717, 1.165) is 44.0 Å². The van der Waals surface area contributed by atoms with Crippen molar-refractivity contribution in [3.05, 3.63) is 47.4 Å². The zero-order valence-electron chi connectivity index (χ0n) is 18.3. The molecule has 1 fully saturated rings. The number of hydrogen-bond acceptors (Lipinski definition) is 5. The Morgan fingerprint density at radius 1 is 1.00 bits per heavy atom. The zero-order valence-corrected chi connectivity index (χ0v) is 18.3. The molecule has 0 aliphatic carbocycles. The predicted molar refractivity (Wildman–Crippen MR) is 119 cm³/mol. The summed E-state index contributed by atoms with van der Waals surface area (Å²) in [6.07, 6.45) is 1.95. The maximum absolute atomic E-state index is 12.1. The second-order valence-electron chi connectivity index (χ2n) is 8.08. The largest absolute Gasteiger partial charge is 0.466 e. The number of anilines is 2. The van der Waals surface area contributed by atoms with Crippen molar-refractivity contribution in [2.75, 3.05) is 30.3 Å². The number of piperidine rings is 1. The van der Waals surface area contributed by atoms with Crippen LogP contribution in [-0.2, 0) is 20.9 Å². The van der Waals surface area contributed by atoms with Gasteiger partial charge in [-0.25, -0.2) is 0 Å². The van der Waals surface area contributed by atoms with Crippen molar-refractivity contribution < 1.29 is 18.8 Å². The van der Waals surface area contributed by atoms with Crippen LogP contribution in [0, 0.1) is 19.8 Å². The van der Waals surface area contributed by atoms with E-state index in [1.54, 1.807) is 24.3 Å². The first kappa shape index (κ1) is 22.6. The molecule has 8 nitrogen and oxygen atoms in total. The van der Waals surface area contributed by atoms with Crippen LogP contribution in [0.25, 0.3) is 0 Å². The van der Waals surface area contributed by atoms with Gasteiger partial charge in [0.1, 0.15) is 11.5 Å². The van der Waals surface area contributed by atoms with Gasteiger partial charge in [-0.3, -0.25) is 19.3 Å². The Bertz CT molecular complexity index is 928. The molecule has 0 unspecified atom stereocenters. The van der Waals surface area contributed by atoms with Crippen molar-refractivity contribution in [3.8, 4) is 0 Å². The molecule has 0 spiro atoms. The van der Waals surface area contributed by atoms with Crippen molar-refractivity contribution in [2.24, 2.45) is 5.92 Å². The minimum absolute atomic E-state index is 0.173. The second kappa shape index (κ2) is 10.3. The summed E-state index contributed by atoms with van der Waals surface area (Å²) in [7, 11) is 0. The Hall–Kier alpha value is -3.13. The maximum Gasteiger partial charge on any atom is 0.313 e. The topological polar surface area (TPSA) is 104 Å². The van der Waals surface area contributed by atoms with Crippen molar-refractivity contribution >= 4 is 29.1 Å². The number of aryl methyl sites for hydroxylation is 2. The highest BCUT2D eigenvalue weighted by Gasteiger charge is 2.22. The molecule has 3 rings (SSSR count). The fourth-order valence-electron chi connectivity index (χ4n) is 3.78. The van der Waals surface area contributed by atoms with E-state index < -0.39 is 11.8 Å². The Kier molecular flexibility index (Phi) is 7.46. The van der Waals surface area contributed by atoms with Crippen LogP contribution in [0.1, 0.15) is 36.8 Å². The molecule has 1 aromatic carbocycles. The third-order valence-electron chi connectivity index (χ3n) is 5.47. The van der Waals surface area contributed by atoms with Gasteiger partial charge in [-0.15, -0.1) is 0 Å². The number of benzene rings is 1. The van der Waals surface area contributed by atoms with Crippen molar-refractivity contribution in [1.29, 1.82) is 0 Å². The smallest absolute Gasteiger partial charge is 0.313 e. The van der Waals surface area contributed by atoms with Crippen LogP contribution in [-0.4, -0.2) is 42.3 Å². The monoisotopic (exact) mass is 426 g/mol. The summed E-state index contributed by atoms with van der Waals surface area (Å²) in [6.45, 7) is 8.66. The summed E-state index contributed by atoms with van der Waals surface area (Å²) in [5.74, 6) is 0.758. The van der Waals surface area contributed by atoms with Crippen LogP contribution >= 0.6 is 0 Å². The van der Waals surface area contributed by atoms with E-state index >= 15 is 0 Å². The summed E-state index contributed by atoms with van der Waals surface area (Å²) in [5, 5.41) is 7.96. The number of amides is 3. The number of carbonyl (C=O) groups is 3. The van der Waals surface area contributed by atoms with Crippen molar-refractivity contribution in [3.63, 3.8) is 0 Å². The van der Waals surface area contributed by atoms with Gasteiger partial charge in [-0.05, 0) is 76.0 Å². The lowest BCUT2D eigenvalue weighted by Gasteiger charge is -2.31. The van der Waals surface area contributed by atoms with Crippen molar-refractivity contribution in [2.45, 2.75) is 40.2 Å². The SMILES string of the molecule is CC(=O)Nc1ccc(NC(=O)C(=O)NCC2CCN(Cc3cc(C)oc3C)CC2)cc1. The maximum atomic E-state index is 12.1. The van der Waals surface area contributed by atoms with Crippen LogP contribution in [0.4, 0.5) is 11.4 Å². The second-order valence-corrected chi connectivity index (χ2v) is 8.08. The van der Waals surface area contributed by atoms with Crippen LogP contribution < -0.4 is 16.0 Å². The molecule has 1 aromatic heterocycles. The lowest BCUT2D eigenvalue weighted by molar-refractivity contribution is -0.136. The minimum atomic E-state index is -0.699. The van der Waals surface area contributed by atoms with Crippen LogP contribution in [0.15, 0.2) is 34.7 Å². The number of nitrogens with one attached hydrogen (secondary N) is 3. The fourth-order valence-corrected chi connectivity index (χ4v) is 3.78. The standard InChI is InChI=1S/C23H30N4O4/c1-15-12-19(16(2)31-15)14-27-10-8-18(9-11-27)13-24-22(29)23(30)26-21-6-4-20(5-7-21)25-17(3)28/h4-7,12,18H,8-11,13-14H2,1-3H3,(H,24,29)(H,25,28)(H,26,30). The van der Waals surface area contributed by atoms with E-state index in [-0.39, 0.29) is 5.91 Å². The fraction of sp³-hybridized carbons (Fsp3) is 0.435. The molecule has 1 aliphatic rings. The summed E-state index contributed by atoms with van der Waals surface area (Å²) in [6, 6.07) is 8.68. The summed E-state index contributed by atoms with van der Waals surface area (Å²) < 4.78 is 5.60. The molecule has 1 saturated heterocycles. The zero-order chi connectivity index (χ0) is 22.4. The first-order valence-corrected chi connectivity index (χ1v) is 10.5. The van der Waals surface area contributed by atoms with Gasteiger partial charge in [0.2, 0.25) is 5.91 Å². The summed E-state index contributed by atoms with van der Waals surface area (Å²) in [4.78, 5) is 37.7. The number of furan rings is 1. The molecule has 166 valence electrons. The van der Waals surface area contributed by atoms with E-state index in [1.165, 1.54) is 12.5 Å². The third kappa shape index (κ3) is 6.68. The highest BCUT2D eigenvalue weighted by atomic mass is 16.3. The lowest BCUT2D eigenvalue weighted by atomic mass is 9.96. The van der Waals surface area contributed by atoms with Gasteiger partial charge in [0, 0.05) is 37.0 Å². The molecule has 0 atom stereocenters. The normalized spacial score (nSPS) is 14.8. The molecule has 3 N–H and O–H groups in total. The van der Waals surface area contributed by atoms with Gasteiger partial charge in [-0.2, -0.15) is 0 Å². The van der Waals surface area contributed by atoms with Crippen molar-refractivity contribution in [1.82, 2.24) is 10.2 Å². The highest BCUT2D eigenvalue weighted by Crippen LogP contribution is 2.21. The molecule has 8 heteroatoms. The first-order valence-electron chi connectivity index (χ1n) is 10.5. The molecule has 1 aliphatic heterocycles. The van der Waals surface area contributed by atoms with Gasteiger partial charge >= 0.3 is 11.8 Å². The molecular formula is C23H30N4O4. The van der Waals surface area contributed by atoms with Gasteiger partial charge in [0.05, 0.1) is 0 Å². The number of nitrogens with zero attached hydrogens (tertiary/aromatic N) is 1. The Balaban J connectivity index is 1.38. The molecular weight excluding hydrogens is 396 g/mol. The predicted octanol–water partition coefficient (Wildman–Crippen LogP) is 2.82. The molecule has 0 bridgehead atoms. The molecule has 0 saturated carbocycles. The molecule has 3 amide bonds. The lowest BCUT2D eigenvalue weighted by Crippen LogP contribution is -2.41. The minimum Gasteiger partial charge on any atom is -0.466 e. The van der Waals surface area contributed by atoms with E-state index in [2.05, 4.69) is 26.9 Å².